The summed E-state index contributed by atoms with van der Waals surface area (Å²) >= 11 is 0. The Bertz CT molecular complexity index is 721. The number of amides is 2. The second-order valence-electron chi connectivity index (χ2n) is 5.26. The van der Waals surface area contributed by atoms with Crippen LogP contribution in [0.1, 0.15) is 27.0 Å². The fourth-order valence-corrected chi connectivity index (χ4v) is 1.92. The molecule has 0 spiro atoms. The molecule has 0 unspecified atom stereocenters. The Morgan fingerprint density at radius 2 is 1.78 bits per heavy atom. The molecular formula is C18H19N3O2. The third-order valence-electron chi connectivity index (χ3n) is 3.17. The molecule has 5 heteroatoms. The van der Waals surface area contributed by atoms with Crippen molar-refractivity contribution >= 4 is 18.0 Å². The molecular weight excluding hydrogens is 290 g/mol. The van der Waals surface area contributed by atoms with E-state index in [1.165, 1.54) is 0 Å². The van der Waals surface area contributed by atoms with Crippen LogP contribution >= 0.6 is 0 Å². The van der Waals surface area contributed by atoms with Crippen LogP contribution in [0.15, 0.2) is 53.6 Å². The van der Waals surface area contributed by atoms with Crippen LogP contribution in [-0.4, -0.2) is 24.6 Å². The molecule has 0 heterocycles. The topological polar surface area (TPSA) is 70.6 Å². The van der Waals surface area contributed by atoms with Gasteiger partial charge < -0.3 is 5.32 Å². The van der Waals surface area contributed by atoms with Gasteiger partial charge in [-0.05, 0) is 31.5 Å². The van der Waals surface area contributed by atoms with Crippen molar-refractivity contribution in [2.24, 2.45) is 5.10 Å². The van der Waals surface area contributed by atoms with Gasteiger partial charge in [0.15, 0.2) is 0 Å². The number of carbonyl (C=O) groups excluding carboxylic acids is 2. The lowest BCUT2D eigenvalue weighted by molar-refractivity contribution is -0.120. The molecule has 0 aromatic heterocycles. The Morgan fingerprint density at radius 1 is 1.04 bits per heavy atom. The third-order valence-corrected chi connectivity index (χ3v) is 3.17. The average molecular weight is 309 g/mol. The van der Waals surface area contributed by atoms with Crippen LogP contribution in [0.2, 0.25) is 0 Å². The van der Waals surface area contributed by atoms with E-state index in [9.17, 15) is 9.59 Å². The van der Waals surface area contributed by atoms with Gasteiger partial charge in [0, 0.05) is 5.56 Å². The summed E-state index contributed by atoms with van der Waals surface area (Å²) in [5.41, 5.74) is 5.95. The average Bonchev–Trinajstić information content (AvgIpc) is 2.54. The number of rotatable bonds is 5. The lowest BCUT2D eigenvalue weighted by Gasteiger charge is -2.05. The van der Waals surface area contributed by atoms with Crippen molar-refractivity contribution in [3.05, 3.63) is 70.8 Å². The molecule has 2 aromatic carbocycles. The molecule has 0 aliphatic heterocycles. The Labute approximate surface area is 135 Å². The molecule has 0 bridgehead atoms. The molecule has 0 atom stereocenters. The van der Waals surface area contributed by atoms with Crippen LogP contribution in [-0.2, 0) is 4.79 Å². The minimum Gasteiger partial charge on any atom is -0.343 e. The zero-order valence-electron chi connectivity index (χ0n) is 13.2. The Kier molecular flexibility index (Phi) is 5.63. The van der Waals surface area contributed by atoms with Crippen molar-refractivity contribution in [3.8, 4) is 0 Å². The molecule has 0 radical (unpaired) electrons. The van der Waals surface area contributed by atoms with Gasteiger partial charge >= 0.3 is 0 Å². The Hall–Kier alpha value is -2.95. The predicted octanol–water partition coefficient (Wildman–Crippen LogP) is 2.18. The number of hydrogen-bond donors (Lipinski definition) is 2. The zero-order valence-corrected chi connectivity index (χ0v) is 13.2. The first-order valence-corrected chi connectivity index (χ1v) is 7.28. The van der Waals surface area contributed by atoms with Crippen molar-refractivity contribution in [3.63, 3.8) is 0 Å². The second kappa shape index (κ2) is 7.89. The van der Waals surface area contributed by atoms with Crippen molar-refractivity contribution in [2.75, 3.05) is 6.54 Å². The van der Waals surface area contributed by atoms with Gasteiger partial charge in [0.05, 0.1) is 12.8 Å². The van der Waals surface area contributed by atoms with Crippen LogP contribution in [0.25, 0.3) is 0 Å². The molecule has 2 aromatic rings. The SMILES string of the molecule is Cc1ccc(/C=N/NC(=O)CNC(=O)c2cccc(C)c2)cc1. The molecule has 0 fully saturated rings. The highest BCUT2D eigenvalue weighted by molar-refractivity contribution is 5.96. The fourth-order valence-electron chi connectivity index (χ4n) is 1.92. The van der Waals surface area contributed by atoms with Crippen LogP contribution < -0.4 is 10.7 Å². The summed E-state index contributed by atoms with van der Waals surface area (Å²) in [6.45, 7) is 3.78. The van der Waals surface area contributed by atoms with Crippen molar-refractivity contribution < 1.29 is 9.59 Å². The number of benzene rings is 2. The Morgan fingerprint density at radius 3 is 2.48 bits per heavy atom. The van der Waals surface area contributed by atoms with Gasteiger partial charge in [0.2, 0.25) is 0 Å². The first-order valence-electron chi connectivity index (χ1n) is 7.28. The summed E-state index contributed by atoms with van der Waals surface area (Å²) in [4.78, 5) is 23.5. The maximum Gasteiger partial charge on any atom is 0.259 e. The quantitative estimate of drug-likeness (QED) is 0.656. The fraction of sp³-hybridized carbons (Fsp3) is 0.167. The molecule has 23 heavy (non-hydrogen) atoms. The lowest BCUT2D eigenvalue weighted by Crippen LogP contribution is -2.34. The van der Waals surface area contributed by atoms with E-state index in [-0.39, 0.29) is 18.4 Å². The molecule has 2 N–H and O–H groups in total. The summed E-state index contributed by atoms with van der Waals surface area (Å²) in [6.07, 6.45) is 1.56. The van der Waals surface area contributed by atoms with E-state index >= 15 is 0 Å². The minimum absolute atomic E-state index is 0.127. The summed E-state index contributed by atoms with van der Waals surface area (Å²) in [5.74, 6) is -0.666. The summed E-state index contributed by atoms with van der Waals surface area (Å²) in [5, 5.41) is 6.42. The summed E-state index contributed by atoms with van der Waals surface area (Å²) in [7, 11) is 0. The largest absolute Gasteiger partial charge is 0.343 e. The van der Waals surface area contributed by atoms with E-state index in [4.69, 9.17) is 0 Å². The van der Waals surface area contributed by atoms with Crippen LogP contribution in [0.4, 0.5) is 0 Å². The first kappa shape index (κ1) is 16.4. The molecule has 0 aliphatic carbocycles. The van der Waals surface area contributed by atoms with Gasteiger partial charge in [-0.1, -0.05) is 47.5 Å². The van der Waals surface area contributed by atoms with Gasteiger partial charge in [-0.15, -0.1) is 0 Å². The zero-order chi connectivity index (χ0) is 16.7. The van der Waals surface area contributed by atoms with E-state index in [1.54, 1.807) is 24.4 Å². The number of hydrogen-bond acceptors (Lipinski definition) is 3. The smallest absolute Gasteiger partial charge is 0.259 e. The van der Waals surface area contributed by atoms with Gasteiger partial charge in [0.25, 0.3) is 11.8 Å². The van der Waals surface area contributed by atoms with Crippen molar-refractivity contribution in [1.82, 2.24) is 10.7 Å². The molecule has 2 amide bonds. The number of aryl methyl sites for hydroxylation is 2. The van der Waals surface area contributed by atoms with E-state index in [2.05, 4.69) is 15.8 Å². The normalized spacial score (nSPS) is 10.5. The summed E-state index contributed by atoms with van der Waals surface area (Å²) < 4.78 is 0. The molecule has 2 rings (SSSR count). The number of hydrazone groups is 1. The Balaban J connectivity index is 1.78. The van der Waals surface area contributed by atoms with Gasteiger partial charge in [0.1, 0.15) is 0 Å². The van der Waals surface area contributed by atoms with Gasteiger partial charge in [-0.3, -0.25) is 9.59 Å². The number of carbonyl (C=O) groups is 2. The van der Waals surface area contributed by atoms with Crippen LogP contribution in [0, 0.1) is 13.8 Å². The van der Waals surface area contributed by atoms with E-state index in [0.717, 1.165) is 16.7 Å². The number of nitrogens with one attached hydrogen (secondary N) is 2. The maximum atomic E-state index is 11.9. The minimum atomic E-state index is -0.380. The van der Waals surface area contributed by atoms with E-state index in [0.29, 0.717) is 5.56 Å². The monoisotopic (exact) mass is 309 g/mol. The highest BCUT2D eigenvalue weighted by atomic mass is 16.2. The highest BCUT2D eigenvalue weighted by Gasteiger charge is 2.07. The van der Waals surface area contributed by atoms with E-state index in [1.807, 2.05) is 44.2 Å². The predicted molar refractivity (Wildman–Crippen MR) is 90.4 cm³/mol. The summed E-state index contributed by atoms with van der Waals surface area (Å²) in [6, 6.07) is 14.9. The van der Waals surface area contributed by atoms with Crippen molar-refractivity contribution in [2.45, 2.75) is 13.8 Å². The molecule has 118 valence electrons. The van der Waals surface area contributed by atoms with Crippen LogP contribution in [0.3, 0.4) is 0 Å². The lowest BCUT2D eigenvalue weighted by atomic mass is 10.1. The molecule has 0 aliphatic rings. The molecule has 0 saturated heterocycles. The highest BCUT2D eigenvalue weighted by Crippen LogP contribution is 2.03. The van der Waals surface area contributed by atoms with Gasteiger partial charge in [-0.25, -0.2) is 5.43 Å². The van der Waals surface area contributed by atoms with E-state index < -0.39 is 0 Å². The third kappa shape index (κ3) is 5.39. The second-order valence-corrected chi connectivity index (χ2v) is 5.26. The van der Waals surface area contributed by atoms with Crippen LogP contribution in [0.5, 0.6) is 0 Å². The molecule has 0 saturated carbocycles. The van der Waals surface area contributed by atoms with Gasteiger partial charge in [-0.2, -0.15) is 5.10 Å². The first-order chi connectivity index (χ1) is 11.0. The van der Waals surface area contributed by atoms with Crippen molar-refractivity contribution in [1.29, 1.82) is 0 Å². The number of nitrogens with zero attached hydrogens (tertiary/aromatic N) is 1. The molecule has 5 nitrogen and oxygen atoms in total. The maximum absolute atomic E-state index is 11.9. The standard InChI is InChI=1S/C18H19N3O2/c1-13-6-8-15(9-7-13)11-20-21-17(22)12-19-18(23)16-5-3-4-14(2)10-16/h3-11H,12H2,1-2H3,(H,19,23)(H,21,22)/b20-11+.